The minimum absolute atomic E-state index is 0.179. The number of sulfonamides is 1. The Labute approximate surface area is 149 Å². The Morgan fingerprint density at radius 2 is 1.68 bits per heavy atom. The molecule has 25 heavy (non-hydrogen) atoms. The fourth-order valence-electron chi connectivity index (χ4n) is 2.53. The van der Waals surface area contributed by atoms with Crippen LogP contribution in [0.3, 0.4) is 0 Å². The van der Waals surface area contributed by atoms with Gasteiger partial charge in [0.2, 0.25) is 15.9 Å². The molecule has 0 saturated carbocycles. The second-order valence-electron chi connectivity index (χ2n) is 6.05. The number of para-hydroxylation sites is 1. The van der Waals surface area contributed by atoms with E-state index in [1.807, 2.05) is 55.5 Å². The molecule has 0 saturated heterocycles. The van der Waals surface area contributed by atoms with Crippen molar-refractivity contribution >= 4 is 21.6 Å². The predicted octanol–water partition coefficient (Wildman–Crippen LogP) is 2.83. The molecule has 0 unspecified atom stereocenters. The average Bonchev–Trinajstić information content (AvgIpc) is 2.56. The highest BCUT2D eigenvalue weighted by Gasteiger charge is 2.20. The van der Waals surface area contributed by atoms with Crippen molar-refractivity contribution in [1.82, 2.24) is 4.31 Å². The lowest BCUT2D eigenvalue weighted by atomic mass is 10.1. The Kier molecular flexibility index (Phi) is 6.73. The minimum atomic E-state index is -3.44. The third-order valence-electron chi connectivity index (χ3n) is 3.92. The van der Waals surface area contributed by atoms with Gasteiger partial charge in [-0.2, -0.15) is 4.31 Å². The van der Waals surface area contributed by atoms with E-state index < -0.39 is 10.0 Å². The molecule has 1 amide bonds. The Morgan fingerprint density at radius 3 is 2.32 bits per heavy atom. The summed E-state index contributed by atoms with van der Waals surface area (Å²) >= 11 is 0. The number of carbonyl (C=O) groups is 1. The molecule has 5 nitrogen and oxygen atoms in total. The summed E-state index contributed by atoms with van der Waals surface area (Å²) in [5.74, 6) is -0.334. The molecule has 0 aliphatic heterocycles. The number of nitrogens with zero attached hydrogens (tertiary/aromatic N) is 1. The minimum Gasteiger partial charge on any atom is -0.325 e. The molecule has 2 aromatic carbocycles. The SMILES string of the molecule is Cc1ccccc1NC(=O)CN(CCCc1ccccc1)S(C)(=O)=O. The van der Waals surface area contributed by atoms with E-state index in [0.717, 1.165) is 23.8 Å². The molecule has 6 heteroatoms. The lowest BCUT2D eigenvalue weighted by Gasteiger charge is -2.19. The van der Waals surface area contributed by atoms with Crippen molar-refractivity contribution in [3.63, 3.8) is 0 Å². The van der Waals surface area contributed by atoms with Crippen LogP contribution in [0.2, 0.25) is 0 Å². The predicted molar refractivity (Wildman–Crippen MR) is 101 cm³/mol. The molecule has 134 valence electrons. The van der Waals surface area contributed by atoms with E-state index in [4.69, 9.17) is 0 Å². The number of hydrogen-bond donors (Lipinski definition) is 1. The van der Waals surface area contributed by atoms with Crippen LogP contribution in [0, 0.1) is 6.92 Å². The van der Waals surface area contributed by atoms with Crippen LogP contribution in [0.15, 0.2) is 54.6 Å². The summed E-state index contributed by atoms with van der Waals surface area (Å²) in [4.78, 5) is 12.2. The van der Waals surface area contributed by atoms with Crippen molar-refractivity contribution in [2.75, 3.05) is 24.7 Å². The number of carbonyl (C=O) groups excluding carboxylic acids is 1. The summed E-state index contributed by atoms with van der Waals surface area (Å²) in [5.41, 5.74) is 2.79. The van der Waals surface area contributed by atoms with E-state index in [1.54, 1.807) is 6.07 Å². The summed E-state index contributed by atoms with van der Waals surface area (Å²) in [7, 11) is -3.44. The molecule has 0 radical (unpaired) electrons. The highest BCUT2D eigenvalue weighted by molar-refractivity contribution is 7.88. The Balaban J connectivity index is 1.93. The molecule has 0 aromatic heterocycles. The highest BCUT2D eigenvalue weighted by Crippen LogP contribution is 2.13. The van der Waals surface area contributed by atoms with Crippen molar-refractivity contribution in [1.29, 1.82) is 0 Å². The molecule has 0 bridgehead atoms. The van der Waals surface area contributed by atoms with Gasteiger partial charge in [0.25, 0.3) is 0 Å². The van der Waals surface area contributed by atoms with Gasteiger partial charge in [-0.1, -0.05) is 48.5 Å². The zero-order valence-corrected chi connectivity index (χ0v) is 15.4. The van der Waals surface area contributed by atoms with E-state index in [-0.39, 0.29) is 12.5 Å². The summed E-state index contributed by atoms with van der Waals surface area (Å²) in [6.07, 6.45) is 2.57. The molecule has 0 aliphatic rings. The normalized spacial score (nSPS) is 11.5. The first-order valence-electron chi connectivity index (χ1n) is 8.21. The van der Waals surface area contributed by atoms with Gasteiger partial charge in [0, 0.05) is 12.2 Å². The van der Waals surface area contributed by atoms with Gasteiger partial charge in [-0.05, 0) is 37.0 Å². The fraction of sp³-hybridized carbons (Fsp3) is 0.316. The molecular formula is C19H24N2O3S. The van der Waals surface area contributed by atoms with Crippen LogP contribution in [-0.2, 0) is 21.2 Å². The maximum absolute atomic E-state index is 12.2. The van der Waals surface area contributed by atoms with Gasteiger partial charge in [-0.15, -0.1) is 0 Å². The largest absolute Gasteiger partial charge is 0.325 e. The van der Waals surface area contributed by atoms with Gasteiger partial charge in [0.05, 0.1) is 12.8 Å². The number of aryl methyl sites for hydroxylation is 2. The molecule has 0 spiro atoms. The third-order valence-corrected chi connectivity index (χ3v) is 5.17. The number of nitrogens with one attached hydrogen (secondary N) is 1. The Hall–Kier alpha value is -2.18. The van der Waals surface area contributed by atoms with Crippen LogP contribution < -0.4 is 5.32 Å². The van der Waals surface area contributed by atoms with Crippen LogP contribution >= 0.6 is 0 Å². The molecule has 1 N–H and O–H groups in total. The molecule has 0 atom stereocenters. The zero-order valence-electron chi connectivity index (χ0n) is 14.6. The monoisotopic (exact) mass is 360 g/mol. The van der Waals surface area contributed by atoms with Crippen LogP contribution in [0.5, 0.6) is 0 Å². The van der Waals surface area contributed by atoms with Crippen LogP contribution in [-0.4, -0.2) is 38.0 Å². The third kappa shape index (κ3) is 6.32. The first-order valence-corrected chi connectivity index (χ1v) is 10.1. The number of anilines is 1. The van der Waals surface area contributed by atoms with Gasteiger partial charge in [0.15, 0.2) is 0 Å². The van der Waals surface area contributed by atoms with Gasteiger partial charge in [-0.3, -0.25) is 4.79 Å². The quantitative estimate of drug-likeness (QED) is 0.787. The lowest BCUT2D eigenvalue weighted by molar-refractivity contribution is -0.116. The van der Waals surface area contributed by atoms with Crippen molar-refractivity contribution < 1.29 is 13.2 Å². The highest BCUT2D eigenvalue weighted by atomic mass is 32.2. The smallest absolute Gasteiger partial charge is 0.239 e. The molecule has 0 aliphatic carbocycles. The molecular weight excluding hydrogens is 336 g/mol. The Morgan fingerprint density at radius 1 is 1.04 bits per heavy atom. The van der Waals surface area contributed by atoms with Crippen LogP contribution in [0.1, 0.15) is 17.5 Å². The standard InChI is InChI=1S/C19H24N2O3S/c1-16-9-6-7-13-18(16)20-19(22)15-21(25(2,23)24)14-8-12-17-10-4-3-5-11-17/h3-7,9-11,13H,8,12,14-15H2,1-2H3,(H,20,22). The molecule has 2 aromatic rings. The number of hydrogen-bond acceptors (Lipinski definition) is 3. The van der Waals surface area contributed by atoms with Crippen LogP contribution in [0.4, 0.5) is 5.69 Å². The van der Waals surface area contributed by atoms with Gasteiger partial charge >= 0.3 is 0 Å². The topological polar surface area (TPSA) is 66.5 Å². The molecule has 0 fully saturated rings. The lowest BCUT2D eigenvalue weighted by Crippen LogP contribution is -2.38. The summed E-state index contributed by atoms with van der Waals surface area (Å²) < 4.78 is 25.2. The van der Waals surface area contributed by atoms with E-state index in [2.05, 4.69) is 5.32 Å². The average molecular weight is 360 g/mol. The summed E-state index contributed by atoms with van der Waals surface area (Å²) in [5, 5.41) is 2.78. The Bertz CT molecular complexity index is 804. The van der Waals surface area contributed by atoms with Crippen molar-refractivity contribution in [2.24, 2.45) is 0 Å². The fourth-order valence-corrected chi connectivity index (χ4v) is 3.34. The molecule has 2 rings (SSSR count). The van der Waals surface area contributed by atoms with Crippen LogP contribution in [0.25, 0.3) is 0 Å². The second-order valence-corrected chi connectivity index (χ2v) is 8.03. The van der Waals surface area contributed by atoms with Crippen molar-refractivity contribution in [3.05, 3.63) is 65.7 Å². The van der Waals surface area contributed by atoms with E-state index in [9.17, 15) is 13.2 Å². The number of benzene rings is 2. The maximum Gasteiger partial charge on any atom is 0.239 e. The summed E-state index contributed by atoms with van der Waals surface area (Å²) in [6.45, 7) is 2.03. The molecule has 0 heterocycles. The van der Waals surface area contributed by atoms with E-state index in [1.165, 1.54) is 4.31 Å². The second kappa shape index (κ2) is 8.78. The maximum atomic E-state index is 12.2. The first kappa shape index (κ1) is 19.1. The van der Waals surface area contributed by atoms with Crippen molar-refractivity contribution in [2.45, 2.75) is 19.8 Å². The summed E-state index contributed by atoms with van der Waals surface area (Å²) in [6, 6.07) is 17.3. The van der Waals surface area contributed by atoms with E-state index >= 15 is 0 Å². The zero-order chi connectivity index (χ0) is 18.3. The van der Waals surface area contributed by atoms with Gasteiger partial charge < -0.3 is 5.32 Å². The van der Waals surface area contributed by atoms with Gasteiger partial charge in [0.1, 0.15) is 0 Å². The van der Waals surface area contributed by atoms with Gasteiger partial charge in [-0.25, -0.2) is 8.42 Å². The first-order chi connectivity index (χ1) is 11.9. The number of rotatable bonds is 8. The van der Waals surface area contributed by atoms with E-state index in [0.29, 0.717) is 18.7 Å². The number of amides is 1. The van der Waals surface area contributed by atoms with Crippen molar-refractivity contribution in [3.8, 4) is 0 Å².